The predicted octanol–water partition coefficient (Wildman–Crippen LogP) is 1.83. The number of sulfonamides is 1. The van der Waals surface area contributed by atoms with Gasteiger partial charge in [-0.05, 0) is 37.0 Å². The topological polar surface area (TPSA) is 72.2 Å². The first-order chi connectivity index (χ1) is 8.33. The maximum absolute atomic E-state index is 12.0. The van der Waals surface area contributed by atoms with Gasteiger partial charge >= 0.3 is 0 Å². The second-order valence-electron chi connectivity index (χ2n) is 4.89. The van der Waals surface area contributed by atoms with Gasteiger partial charge in [-0.25, -0.2) is 13.1 Å². The van der Waals surface area contributed by atoms with Crippen LogP contribution in [0.1, 0.15) is 38.7 Å². The third-order valence-corrected chi connectivity index (χ3v) is 4.19. The lowest BCUT2D eigenvalue weighted by Gasteiger charge is -2.11. The molecule has 3 N–H and O–H groups in total. The summed E-state index contributed by atoms with van der Waals surface area (Å²) in [5, 5.41) is 0. The molecule has 1 aromatic carbocycles. The minimum Gasteiger partial charge on any atom is -0.328 e. The van der Waals surface area contributed by atoms with Crippen LogP contribution in [0.3, 0.4) is 0 Å². The maximum Gasteiger partial charge on any atom is 0.240 e. The Morgan fingerprint density at radius 2 is 1.94 bits per heavy atom. The second-order valence-corrected chi connectivity index (χ2v) is 6.66. The average Bonchev–Trinajstić information content (AvgIpc) is 2.28. The minimum atomic E-state index is -3.42. The van der Waals surface area contributed by atoms with E-state index in [2.05, 4.69) is 4.72 Å². The van der Waals surface area contributed by atoms with Crippen LogP contribution in [0, 0.1) is 0 Å². The molecule has 1 aromatic rings. The van der Waals surface area contributed by atoms with E-state index in [0.29, 0.717) is 23.8 Å². The smallest absolute Gasteiger partial charge is 0.240 e. The van der Waals surface area contributed by atoms with Crippen molar-refractivity contribution < 1.29 is 8.42 Å². The Labute approximate surface area is 110 Å². The Balaban J connectivity index is 2.81. The zero-order valence-electron chi connectivity index (χ0n) is 11.2. The van der Waals surface area contributed by atoms with Crippen LogP contribution in [-0.4, -0.2) is 21.0 Å². The van der Waals surface area contributed by atoms with E-state index in [9.17, 15) is 8.42 Å². The van der Waals surface area contributed by atoms with Gasteiger partial charge in [-0.1, -0.05) is 26.0 Å². The van der Waals surface area contributed by atoms with Crippen molar-refractivity contribution in [3.05, 3.63) is 29.8 Å². The van der Waals surface area contributed by atoms with E-state index in [1.807, 2.05) is 26.8 Å². The van der Waals surface area contributed by atoms with Crippen LogP contribution in [0.15, 0.2) is 29.2 Å². The molecule has 4 nitrogen and oxygen atoms in total. The average molecular weight is 270 g/mol. The molecular weight excluding hydrogens is 248 g/mol. The van der Waals surface area contributed by atoms with E-state index in [-0.39, 0.29) is 6.04 Å². The van der Waals surface area contributed by atoms with E-state index in [1.165, 1.54) is 0 Å². The second kappa shape index (κ2) is 6.31. The number of nitrogens with two attached hydrogens (primary N) is 1. The van der Waals surface area contributed by atoms with Gasteiger partial charge in [0.05, 0.1) is 4.90 Å². The largest absolute Gasteiger partial charge is 0.328 e. The van der Waals surface area contributed by atoms with Crippen LogP contribution in [-0.2, 0) is 10.0 Å². The van der Waals surface area contributed by atoms with Gasteiger partial charge in [-0.15, -0.1) is 0 Å². The standard InChI is InChI=1S/C13H22N2O2S/c1-10(2)12-5-4-6-13(9-12)18(16,17)15-8-7-11(3)14/h4-6,9-11,15H,7-8,14H2,1-3H3. The summed E-state index contributed by atoms with van der Waals surface area (Å²) in [4.78, 5) is 0.318. The highest BCUT2D eigenvalue weighted by molar-refractivity contribution is 7.89. The summed E-state index contributed by atoms with van der Waals surface area (Å²) < 4.78 is 26.6. The number of hydrogen-bond acceptors (Lipinski definition) is 3. The van der Waals surface area contributed by atoms with Crippen molar-refractivity contribution in [3.63, 3.8) is 0 Å². The molecule has 18 heavy (non-hydrogen) atoms. The minimum absolute atomic E-state index is 0.00491. The number of hydrogen-bond donors (Lipinski definition) is 2. The van der Waals surface area contributed by atoms with Gasteiger partial charge in [0.15, 0.2) is 0 Å². The van der Waals surface area contributed by atoms with Crippen LogP contribution < -0.4 is 10.5 Å². The van der Waals surface area contributed by atoms with Gasteiger partial charge in [-0.2, -0.15) is 0 Å². The fourth-order valence-corrected chi connectivity index (χ4v) is 2.65. The van der Waals surface area contributed by atoms with E-state index in [4.69, 9.17) is 5.73 Å². The van der Waals surface area contributed by atoms with Gasteiger partial charge in [-0.3, -0.25) is 0 Å². The zero-order chi connectivity index (χ0) is 13.8. The summed E-state index contributed by atoms with van der Waals surface area (Å²) in [6, 6.07) is 7.04. The van der Waals surface area contributed by atoms with Crippen molar-refractivity contribution in [3.8, 4) is 0 Å². The predicted molar refractivity (Wildman–Crippen MR) is 74.0 cm³/mol. The third kappa shape index (κ3) is 4.40. The first-order valence-electron chi connectivity index (χ1n) is 6.18. The SMILES string of the molecule is CC(N)CCNS(=O)(=O)c1cccc(C(C)C)c1. The first kappa shape index (κ1) is 15.1. The van der Waals surface area contributed by atoms with Crippen molar-refractivity contribution in [2.75, 3.05) is 6.54 Å². The molecule has 0 heterocycles. The summed E-state index contributed by atoms with van der Waals surface area (Å²) in [5.74, 6) is 0.309. The van der Waals surface area contributed by atoms with Crippen LogP contribution in [0.4, 0.5) is 0 Å². The Kier molecular flexibility index (Phi) is 5.31. The van der Waals surface area contributed by atoms with Crippen LogP contribution in [0.5, 0.6) is 0 Å². The number of benzene rings is 1. The van der Waals surface area contributed by atoms with Gasteiger partial charge in [0.1, 0.15) is 0 Å². The van der Waals surface area contributed by atoms with E-state index in [1.54, 1.807) is 18.2 Å². The molecular formula is C13H22N2O2S. The highest BCUT2D eigenvalue weighted by Gasteiger charge is 2.14. The normalized spacial score (nSPS) is 13.8. The van der Waals surface area contributed by atoms with E-state index >= 15 is 0 Å². The van der Waals surface area contributed by atoms with Crippen molar-refractivity contribution in [2.24, 2.45) is 5.73 Å². The van der Waals surface area contributed by atoms with Crippen molar-refractivity contribution in [1.29, 1.82) is 0 Å². The zero-order valence-corrected chi connectivity index (χ0v) is 12.0. The Morgan fingerprint density at radius 3 is 2.50 bits per heavy atom. The van der Waals surface area contributed by atoms with Crippen LogP contribution >= 0.6 is 0 Å². The summed E-state index contributed by atoms with van der Waals surface area (Å²) in [6.07, 6.45) is 0.628. The summed E-state index contributed by atoms with van der Waals surface area (Å²) in [6.45, 7) is 6.30. The molecule has 0 aliphatic heterocycles. The molecule has 0 saturated carbocycles. The lowest BCUT2D eigenvalue weighted by molar-refractivity contribution is 0.571. The fraction of sp³-hybridized carbons (Fsp3) is 0.538. The lowest BCUT2D eigenvalue weighted by atomic mass is 10.0. The van der Waals surface area contributed by atoms with Crippen molar-refractivity contribution >= 4 is 10.0 Å². The van der Waals surface area contributed by atoms with Gasteiger partial charge < -0.3 is 5.73 Å². The molecule has 0 bridgehead atoms. The van der Waals surface area contributed by atoms with E-state index < -0.39 is 10.0 Å². The Hall–Kier alpha value is -0.910. The lowest BCUT2D eigenvalue weighted by Crippen LogP contribution is -2.29. The molecule has 0 aliphatic rings. The molecule has 1 rings (SSSR count). The molecule has 0 saturated heterocycles. The highest BCUT2D eigenvalue weighted by atomic mass is 32.2. The van der Waals surface area contributed by atoms with Gasteiger partial charge in [0.2, 0.25) is 10.0 Å². The molecule has 1 atom stereocenters. The molecule has 0 aromatic heterocycles. The Morgan fingerprint density at radius 1 is 1.28 bits per heavy atom. The molecule has 5 heteroatoms. The molecule has 102 valence electrons. The van der Waals surface area contributed by atoms with Gasteiger partial charge in [0.25, 0.3) is 0 Å². The first-order valence-corrected chi connectivity index (χ1v) is 7.66. The summed E-state index contributed by atoms with van der Waals surface area (Å²) >= 11 is 0. The quantitative estimate of drug-likeness (QED) is 0.828. The molecule has 0 spiro atoms. The van der Waals surface area contributed by atoms with Crippen LogP contribution in [0.2, 0.25) is 0 Å². The molecule has 0 amide bonds. The summed E-state index contributed by atoms with van der Waals surface area (Å²) in [5.41, 5.74) is 6.61. The summed E-state index contributed by atoms with van der Waals surface area (Å²) in [7, 11) is -3.42. The van der Waals surface area contributed by atoms with Crippen LogP contribution in [0.25, 0.3) is 0 Å². The highest BCUT2D eigenvalue weighted by Crippen LogP contribution is 2.18. The monoisotopic (exact) mass is 270 g/mol. The third-order valence-electron chi connectivity index (χ3n) is 2.73. The number of nitrogens with one attached hydrogen (secondary N) is 1. The van der Waals surface area contributed by atoms with Crippen molar-refractivity contribution in [1.82, 2.24) is 4.72 Å². The molecule has 0 aliphatic carbocycles. The molecule has 1 unspecified atom stereocenters. The fourth-order valence-electron chi connectivity index (χ4n) is 1.55. The molecule has 0 fully saturated rings. The number of rotatable bonds is 6. The Bertz CT molecular complexity index is 482. The van der Waals surface area contributed by atoms with Crippen molar-refractivity contribution in [2.45, 2.75) is 44.0 Å². The maximum atomic E-state index is 12.0. The van der Waals surface area contributed by atoms with E-state index in [0.717, 1.165) is 5.56 Å². The van der Waals surface area contributed by atoms with Gasteiger partial charge in [0, 0.05) is 12.6 Å². The molecule has 0 radical (unpaired) electrons.